The molecule has 23 heavy (non-hydrogen) atoms. The normalized spacial score (nSPS) is 11.6. The zero-order valence-corrected chi connectivity index (χ0v) is 12.9. The van der Waals surface area contributed by atoms with Gasteiger partial charge in [0, 0.05) is 10.9 Å². The number of thioether (sulfide) groups is 1. The number of benzene rings is 2. The van der Waals surface area contributed by atoms with Crippen LogP contribution in [0.5, 0.6) is 0 Å². The molecule has 0 radical (unpaired) electrons. The van der Waals surface area contributed by atoms with Gasteiger partial charge in [0.15, 0.2) is 0 Å². The van der Waals surface area contributed by atoms with E-state index in [0.717, 1.165) is 7.11 Å². The SMILES string of the molecule is COC(=O)C(F)(F)Sc1c(-c2ccccc2)oc2ccccc12. The van der Waals surface area contributed by atoms with Crippen LogP contribution in [0.3, 0.4) is 0 Å². The number of esters is 1. The number of fused-ring (bicyclic) bond motifs is 1. The number of halogens is 2. The van der Waals surface area contributed by atoms with Gasteiger partial charge in [-0.3, -0.25) is 0 Å². The van der Waals surface area contributed by atoms with Gasteiger partial charge in [0.25, 0.3) is 0 Å². The Hall–Kier alpha value is -2.34. The van der Waals surface area contributed by atoms with Gasteiger partial charge in [0.1, 0.15) is 11.3 Å². The van der Waals surface area contributed by atoms with Crippen LogP contribution in [0.4, 0.5) is 8.78 Å². The smallest absolute Gasteiger partial charge is 0.393 e. The number of furan rings is 1. The first-order valence-corrected chi connectivity index (χ1v) is 7.57. The molecule has 3 rings (SSSR count). The lowest BCUT2D eigenvalue weighted by Gasteiger charge is -2.13. The molecule has 1 aromatic heterocycles. The van der Waals surface area contributed by atoms with Gasteiger partial charge in [-0.15, -0.1) is 0 Å². The summed E-state index contributed by atoms with van der Waals surface area (Å²) in [6.07, 6.45) is 0. The molecule has 0 bridgehead atoms. The third-order valence-corrected chi connectivity index (χ3v) is 4.27. The Morgan fingerprint density at radius 3 is 2.43 bits per heavy atom. The van der Waals surface area contributed by atoms with Crippen LogP contribution in [-0.4, -0.2) is 18.3 Å². The summed E-state index contributed by atoms with van der Waals surface area (Å²) in [7, 11) is 0.933. The Kier molecular flexibility index (Phi) is 4.09. The fourth-order valence-electron chi connectivity index (χ4n) is 2.19. The number of rotatable bonds is 4. The Bertz CT molecular complexity index is 843. The molecule has 1 heterocycles. The van der Waals surface area contributed by atoms with Gasteiger partial charge >= 0.3 is 11.2 Å². The summed E-state index contributed by atoms with van der Waals surface area (Å²) in [5, 5.41) is -3.18. The zero-order chi connectivity index (χ0) is 16.4. The van der Waals surface area contributed by atoms with Gasteiger partial charge in [-0.25, -0.2) is 4.79 Å². The first kappa shape index (κ1) is 15.6. The lowest BCUT2D eigenvalue weighted by atomic mass is 10.1. The monoisotopic (exact) mass is 334 g/mol. The summed E-state index contributed by atoms with van der Waals surface area (Å²) in [5.41, 5.74) is 1.14. The first-order valence-electron chi connectivity index (χ1n) is 6.75. The van der Waals surface area contributed by atoms with Crippen molar-refractivity contribution in [2.45, 2.75) is 10.2 Å². The van der Waals surface area contributed by atoms with Crippen LogP contribution in [0, 0.1) is 0 Å². The van der Waals surface area contributed by atoms with Crippen LogP contribution >= 0.6 is 11.8 Å². The Labute approximate surface area is 135 Å². The molecular weight excluding hydrogens is 322 g/mol. The van der Waals surface area contributed by atoms with Crippen molar-refractivity contribution in [2.75, 3.05) is 7.11 Å². The number of hydrogen-bond acceptors (Lipinski definition) is 4. The second kappa shape index (κ2) is 6.04. The number of hydrogen-bond donors (Lipinski definition) is 0. The van der Waals surface area contributed by atoms with Crippen LogP contribution in [0.2, 0.25) is 0 Å². The molecule has 118 valence electrons. The Morgan fingerprint density at radius 1 is 1.09 bits per heavy atom. The van der Waals surface area contributed by atoms with E-state index in [-0.39, 0.29) is 16.7 Å². The van der Waals surface area contributed by atoms with Crippen molar-refractivity contribution < 1.29 is 22.7 Å². The molecule has 3 aromatic rings. The maximum absolute atomic E-state index is 14.1. The summed E-state index contributed by atoms with van der Waals surface area (Å²) < 4.78 is 38.0. The second-order valence-corrected chi connectivity index (χ2v) is 5.86. The van der Waals surface area contributed by atoms with E-state index in [1.54, 1.807) is 48.5 Å². The van der Waals surface area contributed by atoms with Crippen molar-refractivity contribution in [3.8, 4) is 11.3 Å². The van der Waals surface area contributed by atoms with Crippen molar-refractivity contribution >= 4 is 28.7 Å². The van der Waals surface area contributed by atoms with Gasteiger partial charge in [0.05, 0.1) is 12.0 Å². The third-order valence-electron chi connectivity index (χ3n) is 3.24. The number of carbonyl (C=O) groups excluding carboxylic acids is 1. The highest BCUT2D eigenvalue weighted by Gasteiger charge is 2.43. The summed E-state index contributed by atoms with van der Waals surface area (Å²) in [6.45, 7) is 0. The molecule has 3 nitrogen and oxygen atoms in total. The molecular formula is C17H12F2O3S. The quantitative estimate of drug-likeness (QED) is 0.499. The predicted molar refractivity (Wildman–Crippen MR) is 84.5 cm³/mol. The molecule has 0 saturated carbocycles. The number of ether oxygens (including phenoxy) is 1. The van der Waals surface area contributed by atoms with E-state index in [0.29, 0.717) is 22.3 Å². The maximum atomic E-state index is 14.1. The zero-order valence-electron chi connectivity index (χ0n) is 12.1. The fraction of sp³-hybridized carbons (Fsp3) is 0.118. The summed E-state index contributed by atoms with van der Waals surface area (Å²) >= 11 is 0.135. The molecule has 2 aromatic carbocycles. The van der Waals surface area contributed by atoms with E-state index in [9.17, 15) is 13.6 Å². The number of methoxy groups -OCH3 is 1. The highest BCUT2D eigenvalue weighted by molar-refractivity contribution is 8.01. The molecule has 0 fully saturated rings. The van der Waals surface area contributed by atoms with Gasteiger partial charge in [-0.2, -0.15) is 8.78 Å². The first-order chi connectivity index (χ1) is 11.0. The maximum Gasteiger partial charge on any atom is 0.393 e. The molecule has 0 N–H and O–H groups in total. The topological polar surface area (TPSA) is 39.4 Å². The fourth-order valence-corrected chi connectivity index (χ4v) is 3.15. The molecule has 0 saturated heterocycles. The largest absolute Gasteiger partial charge is 0.464 e. The van der Waals surface area contributed by atoms with Crippen LogP contribution in [-0.2, 0) is 9.53 Å². The van der Waals surface area contributed by atoms with Gasteiger partial charge in [0.2, 0.25) is 0 Å². The average Bonchev–Trinajstić information content (AvgIpc) is 2.93. The molecule has 0 aliphatic heterocycles. The van der Waals surface area contributed by atoms with E-state index < -0.39 is 11.2 Å². The van der Waals surface area contributed by atoms with E-state index in [1.165, 1.54) is 0 Å². The van der Waals surface area contributed by atoms with Crippen LogP contribution in [0.25, 0.3) is 22.3 Å². The van der Waals surface area contributed by atoms with E-state index in [4.69, 9.17) is 4.42 Å². The van der Waals surface area contributed by atoms with Crippen LogP contribution < -0.4 is 0 Å². The van der Waals surface area contributed by atoms with Crippen molar-refractivity contribution in [1.29, 1.82) is 0 Å². The summed E-state index contributed by atoms with van der Waals surface area (Å²) in [6, 6.07) is 15.8. The van der Waals surface area contributed by atoms with E-state index in [2.05, 4.69) is 4.74 Å². The molecule has 0 aliphatic carbocycles. The number of carbonyl (C=O) groups is 1. The molecule has 0 unspecified atom stereocenters. The van der Waals surface area contributed by atoms with Crippen molar-refractivity contribution in [3.63, 3.8) is 0 Å². The van der Waals surface area contributed by atoms with Crippen molar-refractivity contribution in [1.82, 2.24) is 0 Å². The Morgan fingerprint density at radius 2 is 1.74 bits per heavy atom. The second-order valence-electron chi connectivity index (χ2n) is 4.73. The minimum Gasteiger partial charge on any atom is -0.464 e. The minimum atomic E-state index is -3.70. The highest BCUT2D eigenvalue weighted by Crippen LogP contribution is 2.46. The summed E-state index contributed by atoms with van der Waals surface area (Å²) in [5.74, 6) is -1.29. The standard InChI is InChI=1S/C17H12F2O3S/c1-21-16(20)17(18,19)23-15-12-9-5-6-10-13(12)22-14(15)11-7-3-2-4-8-11/h2-10H,1H3. The Balaban J connectivity index is 2.16. The van der Waals surface area contributed by atoms with E-state index in [1.807, 2.05) is 6.07 Å². The summed E-state index contributed by atoms with van der Waals surface area (Å²) in [4.78, 5) is 11.5. The predicted octanol–water partition coefficient (Wildman–Crippen LogP) is 4.96. The van der Waals surface area contributed by atoms with Gasteiger partial charge in [-0.05, 0) is 23.9 Å². The average molecular weight is 334 g/mol. The van der Waals surface area contributed by atoms with Crippen LogP contribution in [0.1, 0.15) is 0 Å². The molecule has 0 amide bonds. The van der Waals surface area contributed by atoms with Crippen molar-refractivity contribution in [2.24, 2.45) is 0 Å². The lowest BCUT2D eigenvalue weighted by Crippen LogP contribution is -2.25. The molecule has 0 aliphatic rings. The van der Waals surface area contributed by atoms with Crippen LogP contribution in [0.15, 0.2) is 63.9 Å². The van der Waals surface area contributed by atoms with Crippen molar-refractivity contribution in [3.05, 3.63) is 54.6 Å². The van der Waals surface area contributed by atoms with Gasteiger partial charge < -0.3 is 9.15 Å². The molecule has 0 spiro atoms. The molecule has 0 atom stereocenters. The third kappa shape index (κ3) is 2.94. The highest BCUT2D eigenvalue weighted by atomic mass is 32.2. The molecule has 6 heteroatoms. The lowest BCUT2D eigenvalue weighted by molar-refractivity contribution is -0.156. The van der Waals surface area contributed by atoms with Gasteiger partial charge in [-0.1, -0.05) is 42.5 Å². The number of alkyl halides is 2. The number of para-hydroxylation sites is 1. The minimum absolute atomic E-state index is 0.135. The van der Waals surface area contributed by atoms with E-state index >= 15 is 0 Å².